The van der Waals surface area contributed by atoms with Crippen LogP contribution in [0.3, 0.4) is 0 Å². The molecule has 2 atom stereocenters. The van der Waals surface area contributed by atoms with Gasteiger partial charge in [0.25, 0.3) is 5.91 Å². The van der Waals surface area contributed by atoms with Gasteiger partial charge in [-0.05, 0) is 71.3 Å². The minimum Gasteiger partial charge on any atom is -0.474 e. The Morgan fingerprint density at radius 1 is 1.30 bits per heavy atom. The van der Waals surface area contributed by atoms with Crippen molar-refractivity contribution in [1.29, 1.82) is 5.26 Å². The Morgan fingerprint density at radius 3 is 2.55 bits per heavy atom. The summed E-state index contributed by atoms with van der Waals surface area (Å²) in [6.45, 7) is 7.41. The van der Waals surface area contributed by atoms with Crippen molar-refractivity contribution < 1.29 is 19.1 Å². The van der Waals surface area contributed by atoms with E-state index in [9.17, 15) is 14.9 Å². The lowest BCUT2D eigenvalue weighted by atomic mass is 9.65. The first-order chi connectivity index (χ1) is 15.6. The van der Waals surface area contributed by atoms with Crippen molar-refractivity contribution in [2.75, 3.05) is 7.11 Å². The second-order valence-corrected chi connectivity index (χ2v) is 9.88. The number of nitriles is 1. The van der Waals surface area contributed by atoms with Crippen LogP contribution in [0, 0.1) is 29.1 Å². The number of hydrogen-bond acceptors (Lipinski definition) is 6. The maximum atomic E-state index is 13.3. The minimum absolute atomic E-state index is 0.0739. The first-order valence-electron chi connectivity index (χ1n) is 11.6. The van der Waals surface area contributed by atoms with E-state index in [1.807, 2.05) is 27.7 Å². The highest BCUT2D eigenvalue weighted by molar-refractivity contribution is 5.96. The van der Waals surface area contributed by atoms with Crippen molar-refractivity contribution in [2.24, 2.45) is 17.8 Å². The molecule has 2 fully saturated rings. The van der Waals surface area contributed by atoms with Crippen LogP contribution in [0.2, 0.25) is 0 Å². The zero-order valence-corrected chi connectivity index (χ0v) is 20.1. The van der Waals surface area contributed by atoms with Crippen molar-refractivity contribution in [3.63, 3.8) is 0 Å². The van der Waals surface area contributed by atoms with Crippen LogP contribution in [-0.2, 0) is 4.74 Å². The number of nitrogens with one attached hydrogen (secondary N) is 2. The molecule has 33 heavy (non-hydrogen) atoms. The smallest absolute Gasteiger partial charge is 0.407 e. The Bertz CT molecular complexity index is 916. The third-order valence-corrected chi connectivity index (χ3v) is 6.40. The molecule has 0 aliphatic heterocycles. The fourth-order valence-corrected chi connectivity index (χ4v) is 4.88. The molecule has 2 N–H and O–H groups in total. The molecule has 2 bridgehead atoms. The highest BCUT2D eigenvalue weighted by Crippen LogP contribution is 2.42. The van der Waals surface area contributed by atoms with Gasteiger partial charge >= 0.3 is 6.09 Å². The molecule has 0 radical (unpaired) electrons. The lowest BCUT2D eigenvalue weighted by Gasteiger charge is -2.44. The molecule has 1 aromatic rings. The van der Waals surface area contributed by atoms with Gasteiger partial charge in [-0.2, -0.15) is 10.4 Å². The molecule has 0 aromatic carbocycles. The van der Waals surface area contributed by atoms with Crippen LogP contribution in [0.5, 0.6) is 5.88 Å². The summed E-state index contributed by atoms with van der Waals surface area (Å²) >= 11 is 0. The molecule has 0 spiro atoms. The van der Waals surface area contributed by atoms with Gasteiger partial charge in [0.05, 0.1) is 31.0 Å². The van der Waals surface area contributed by atoms with Crippen molar-refractivity contribution in [3.05, 3.63) is 17.8 Å². The van der Waals surface area contributed by atoms with Gasteiger partial charge < -0.3 is 20.1 Å². The van der Waals surface area contributed by atoms with Crippen LogP contribution in [0.1, 0.15) is 70.2 Å². The number of nitrogens with zero attached hydrogens (tertiary/aromatic N) is 3. The Morgan fingerprint density at radius 2 is 1.97 bits per heavy atom. The van der Waals surface area contributed by atoms with Crippen LogP contribution >= 0.6 is 0 Å². The van der Waals surface area contributed by atoms with Crippen LogP contribution in [0.25, 0.3) is 6.20 Å². The summed E-state index contributed by atoms with van der Waals surface area (Å²) < 4.78 is 12.1. The Kier molecular flexibility index (Phi) is 7.67. The minimum atomic E-state index is -0.701. The van der Waals surface area contributed by atoms with Crippen LogP contribution < -0.4 is 15.4 Å². The van der Waals surface area contributed by atoms with E-state index in [4.69, 9.17) is 4.74 Å². The maximum absolute atomic E-state index is 13.3. The summed E-state index contributed by atoms with van der Waals surface area (Å²) in [7, 11) is 1.31. The topological polar surface area (TPSA) is 118 Å². The van der Waals surface area contributed by atoms with Gasteiger partial charge in [-0.1, -0.05) is 6.42 Å². The number of carbonyl (C=O) groups is 2. The number of carbonyl (C=O) groups excluding carboxylic acids is 2. The predicted molar refractivity (Wildman–Crippen MR) is 123 cm³/mol. The molecule has 2 amide bonds. The van der Waals surface area contributed by atoms with Crippen molar-refractivity contribution >= 4 is 18.2 Å². The highest BCUT2D eigenvalue weighted by Gasteiger charge is 2.41. The summed E-state index contributed by atoms with van der Waals surface area (Å²) in [6, 6.07) is 2.50. The first-order valence-corrected chi connectivity index (χ1v) is 11.6. The fraction of sp³-hybridized carbons (Fsp3) is 0.667. The second-order valence-electron chi connectivity index (χ2n) is 9.88. The average Bonchev–Trinajstić information content (AvgIpc) is 3.13. The highest BCUT2D eigenvalue weighted by atomic mass is 16.5. The van der Waals surface area contributed by atoms with E-state index in [0.717, 1.165) is 32.1 Å². The second kappa shape index (κ2) is 10.3. The molecule has 1 heterocycles. The van der Waals surface area contributed by atoms with E-state index in [0.29, 0.717) is 23.3 Å². The van der Waals surface area contributed by atoms with Gasteiger partial charge in [0.1, 0.15) is 5.56 Å². The van der Waals surface area contributed by atoms with E-state index in [1.165, 1.54) is 18.0 Å². The Labute approximate surface area is 195 Å². The molecular formula is C24H35N5O4. The van der Waals surface area contributed by atoms with Gasteiger partial charge in [0, 0.05) is 18.2 Å². The number of methoxy groups -OCH3 is 1. The molecule has 1 aromatic heterocycles. The lowest BCUT2D eigenvalue weighted by Crippen LogP contribution is -2.51. The van der Waals surface area contributed by atoms with Gasteiger partial charge in [0.2, 0.25) is 5.88 Å². The third-order valence-electron chi connectivity index (χ3n) is 6.40. The summed E-state index contributed by atoms with van der Waals surface area (Å²) in [6.07, 6.45) is 9.14. The molecule has 2 saturated carbocycles. The number of ether oxygens (including phenoxy) is 2. The lowest BCUT2D eigenvalue weighted by molar-refractivity contribution is 0.0726. The number of aromatic nitrogens is 2. The quantitative estimate of drug-likeness (QED) is 0.644. The van der Waals surface area contributed by atoms with E-state index in [2.05, 4.69) is 26.5 Å². The Hall–Kier alpha value is -3.02. The van der Waals surface area contributed by atoms with Crippen LogP contribution in [-0.4, -0.2) is 46.6 Å². The summed E-state index contributed by atoms with van der Waals surface area (Å²) in [5, 5.41) is 19.7. The van der Waals surface area contributed by atoms with Crippen LogP contribution in [0.15, 0.2) is 12.3 Å². The summed E-state index contributed by atoms with van der Waals surface area (Å²) in [5.41, 5.74) is -0.333. The molecule has 9 nitrogen and oxygen atoms in total. The van der Waals surface area contributed by atoms with Crippen molar-refractivity contribution in [2.45, 2.75) is 77.5 Å². The standard InChI is InChI=1S/C24H35N5O4/c1-15(2)33-22-19(14-26-29(22)10-9-24(3,4)28-23(31)32-5)21(30)27-20-17-7-6-8-18(20)12-16(11-17)13-25/h9-10,14-18,20H,6-8,11-12H2,1-5H3,(H,27,30)(H,28,31)/b10-9+. The fourth-order valence-electron chi connectivity index (χ4n) is 4.88. The van der Waals surface area contributed by atoms with Crippen LogP contribution in [0.4, 0.5) is 4.79 Å². The van der Waals surface area contributed by atoms with Crippen molar-refractivity contribution in [1.82, 2.24) is 20.4 Å². The number of alkyl carbamates (subject to hydrolysis) is 1. The molecule has 0 saturated heterocycles. The predicted octanol–water partition coefficient (Wildman–Crippen LogP) is 3.72. The van der Waals surface area contributed by atoms with E-state index < -0.39 is 11.6 Å². The van der Waals surface area contributed by atoms with E-state index in [1.54, 1.807) is 12.3 Å². The maximum Gasteiger partial charge on any atom is 0.407 e. The average molecular weight is 458 g/mol. The monoisotopic (exact) mass is 457 g/mol. The van der Waals surface area contributed by atoms with Gasteiger partial charge in [0.15, 0.2) is 0 Å². The summed E-state index contributed by atoms with van der Waals surface area (Å²) in [4.78, 5) is 24.9. The molecule has 2 aliphatic carbocycles. The summed E-state index contributed by atoms with van der Waals surface area (Å²) in [5.74, 6) is 0.891. The molecular weight excluding hydrogens is 422 g/mol. The largest absolute Gasteiger partial charge is 0.474 e. The van der Waals surface area contributed by atoms with Gasteiger partial charge in [-0.3, -0.25) is 4.79 Å². The van der Waals surface area contributed by atoms with E-state index >= 15 is 0 Å². The van der Waals surface area contributed by atoms with Gasteiger partial charge in [-0.25, -0.2) is 9.48 Å². The van der Waals surface area contributed by atoms with Crippen molar-refractivity contribution in [3.8, 4) is 11.9 Å². The molecule has 2 aliphatic rings. The Balaban J connectivity index is 1.79. The third kappa shape index (κ3) is 6.06. The SMILES string of the molecule is COC(=O)NC(C)(C)/C=C/n1ncc(C(=O)NC2C3CCCC2CC(C#N)C3)c1OC(C)C. The normalized spacial score (nSPS) is 24.9. The zero-order valence-electron chi connectivity index (χ0n) is 20.1. The molecule has 180 valence electrons. The molecule has 2 unspecified atom stereocenters. The number of fused-ring (bicyclic) bond motifs is 2. The first kappa shape index (κ1) is 24.6. The zero-order chi connectivity index (χ0) is 24.2. The molecule has 9 heteroatoms. The number of rotatable bonds is 7. The van der Waals surface area contributed by atoms with E-state index in [-0.39, 0.29) is 24.0 Å². The number of hydrogen-bond donors (Lipinski definition) is 2. The molecule has 3 rings (SSSR count). The number of amides is 2. The van der Waals surface area contributed by atoms with Gasteiger partial charge in [-0.15, -0.1) is 0 Å².